The molecule has 0 unspecified atom stereocenters. The summed E-state index contributed by atoms with van der Waals surface area (Å²) >= 11 is 3.23. The third-order valence-corrected chi connectivity index (χ3v) is 3.17. The summed E-state index contributed by atoms with van der Waals surface area (Å²) < 4.78 is 14.4. The molecule has 1 N–H and O–H groups in total. The highest BCUT2D eigenvalue weighted by Gasteiger charge is 2.16. The van der Waals surface area contributed by atoms with E-state index in [9.17, 15) is 9.18 Å². The molecule has 1 aromatic carbocycles. The van der Waals surface area contributed by atoms with Crippen molar-refractivity contribution in [1.29, 1.82) is 5.26 Å². The maximum absolute atomic E-state index is 13.9. The molecule has 2 rings (SSSR count). The molecular formula is C13H8BrFN2O. The van der Waals surface area contributed by atoms with Crippen LogP contribution in [0.3, 0.4) is 0 Å². The minimum atomic E-state index is -0.511. The third kappa shape index (κ3) is 2.07. The van der Waals surface area contributed by atoms with Crippen molar-refractivity contribution in [1.82, 2.24) is 4.98 Å². The van der Waals surface area contributed by atoms with Crippen LogP contribution in [0.2, 0.25) is 0 Å². The van der Waals surface area contributed by atoms with E-state index >= 15 is 0 Å². The minimum Gasteiger partial charge on any atom is -0.325 e. The van der Waals surface area contributed by atoms with Gasteiger partial charge in [0.1, 0.15) is 17.4 Å². The van der Waals surface area contributed by atoms with Crippen molar-refractivity contribution in [2.75, 3.05) is 0 Å². The predicted octanol–water partition coefficient (Wildman–Crippen LogP) is 3.12. The predicted molar refractivity (Wildman–Crippen MR) is 69.6 cm³/mol. The Kier molecular flexibility index (Phi) is 3.30. The van der Waals surface area contributed by atoms with Gasteiger partial charge in [-0.2, -0.15) is 5.26 Å². The second-order valence-corrected chi connectivity index (χ2v) is 4.63. The van der Waals surface area contributed by atoms with Gasteiger partial charge < -0.3 is 4.98 Å². The first-order chi connectivity index (χ1) is 8.54. The van der Waals surface area contributed by atoms with Gasteiger partial charge in [0.05, 0.1) is 0 Å². The average Bonchev–Trinajstić information content (AvgIpc) is 2.28. The summed E-state index contributed by atoms with van der Waals surface area (Å²) in [5, 5.41) is 9.03. The number of hydrogen-bond acceptors (Lipinski definition) is 2. The molecule has 0 atom stereocenters. The monoisotopic (exact) mass is 306 g/mol. The van der Waals surface area contributed by atoms with E-state index in [2.05, 4.69) is 20.9 Å². The highest BCUT2D eigenvalue weighted by Crippen LogP contribution is 2.32. The van der Waals surface area contributed by atoms with Gasteiger partial charge in [0.25, 0.3) is 5.56 Å². The van der Waals surface area contributed by atoms with Crippen LogP contribution < -0.4 is 5.56 Å². The number of nitrogens with zero attached hydrogens (tertiary/aromatic N) is 1. The van der Waals surface area contributed by atoms with Crippen LogP contribution in [0.25, 0.3) is 11.1 Å². The van der Waals surface area contributed by atoms with Crippen molar-refractivity contribution in [2.45, 2.75) is 6.92 Å². The zero-order valence-electron chi connectivity index (χ0n) is 9.42. The Balaban J connectivity index is 2.88. The number of pyridine rings is 1. The molecule has 5 heteroatoms. The lowest BCUT2D eigenvalue weighted by Crippen LogP contribution is -2.13. The number of H-pyrrole nitrogens is 1. The van der Waals surface area contributed by atoms with Gasteiger partial charge in [-0.05, 0) is 25.1 Å². The fourth-order valence-electron chi connectivity index (χ4n) is 1.75. The normalized spacial score (nSPS) is 10.1. The van der Waals surface area contributed by atoms with Crippen molar-refractivity contribution in [3.63, 3.8) is 0 Å². The number of nitriles is 1. The summed E-state index contributed by atoms with van der Waals surface area (Å²) in [5.41, 5.74) is 0.491. The largest absolute Gasteiger partial charge is 0.325 e. The Morgan fingerprint density at radius 2 is 2.17 bits per heavy atom. The molecule has 2 aromatic rings. The second-order valence-electron chi connectivity index (χ2n) is 3.78. The van der Waals surface area contributed by atoms with Crippen LogP contribution in [0.1, 0.15) is 11.3 Å². The Morgan fingerprint density at radius 1 is 1.44 bits per heavy atom. The molecule has 0 amide bonds. The Bertz CT molecular complexity index is 696. The number of benzene rings is 1. The lowest BCUT2D eigenvalue weighted by Gasteiger charge is -2.08. The van der Waals surface area contributed by atoms with Crippen LogP contribution in [0.15, 0.2) is 33.5 Å². The fourth-order valence-corrected chi connectivity index (χ4v) is 2.31. The second kappa shape index (κ2) is 4.75. The molecule has 0 fully saturated rings. The molecule has 0 radical (unpaired) electrons. The van der Waals surface area contributed by atoms with E-state index < -0.39 is 11.4 Å². The van der Waals surface area contributed by atoms with Crippen LogP contribution in [-0.2, 0) is 0 Å². The van der Waals surface area contributed by atoms with Gasteiger partial charge >= 0.3 is 0 Å². The highest BCUT2D eigenvalue weighted by molar-refractivity contribution is 9.10. The minimum absolute atomic E-state index is 0.0913. The van der Waals surface area contributed by atoms with E-state index in [1.165, 1.54) is 6.07 Å². The molecule has 0 aliphatic rings. The van der Waals surface area contributed by atoms with Gasteiger partial charge in [0.2, 0.25) is 0 Å². The topological polar surface area (TPSA) is 56.6 Å². The Hall–Kier alpha value is -1.93. The summed E-state index contributed by atoms with van der Waals surface area (Å²) in [4.78, 5) is 14.2. The van der Waals surface area contributed by atoms with Crippen LogP contribution in [-0.4, -0.2) is 4.98 Å². The molecule has 18 heavy (non-hydrogen) atoms. The molecule has 1 heterocycles. The number of halogens is 2. The van der Waals surface area contributed by atoms with E-state index in [1.807, 2.05) is 6.07 Å². The first kappa shape index (κ1) is 12.5. The van der Waals surface area contributed by atoms with E-state index in [4.69, 9.17) is 5.26 Å². The third-order valence-electron chi connectivity index (χ3n) is 2.51. The van der Waals surface area contributed by atoms with Gasteiger partial charge in [0.15, 0.2) is 0 Å². The highest BCUT2D eigenvalue weighted by atomic mass is 79.9. The summed E-state index contributed by atoms with van der Waals surface area (Å²) in [6, 6.07) is 7.90. The van der Waals surface area contributed by atoms with Crippen LogP contribution in [0.4, 0.5) is 4.39 Å². The summed E-state index contributed by atoms with van der Waals surface area (Å²) in [5.74, 6) is -0.481. The zero-order valence-corrected chi connectivity index (χ0v) is 11.0. The molecule has 0 spiro atoms. The first-order valence-corrected chi connectivity index (χ1v) is 5.92. The van der Waals surface area contributed by atoms with Crippen LogP contribution >= 0.6 is 15.9 Å². The fraction of sp³-hybridized carbons (Fsp3) is 0.0769. The SMILES string of the molecule is Cc1cc(-c2c(F)cccc2Br)c(C#N)c(=O)[nH]1. The zero-order chi connectivity index (χ0) is 13.3. The van der Waals surface area contributed by atoms with Crippen molar-refractivity contribution in [3.8, 4) is 17.2 Å². The van der Waals surface area contributed by atoms with E-state index in [-0.39, 0.29) is 11.1 Å². The molecule has 3 nitrogen and oxygen atoms in total. The first-order valence-electron chi connectivity index (χ1n) is 5.13. The summed E-state index contributed by atoms with van der Waals surface area (Å²) in [7, 11) is 0. The van der Waals surface area contributed by atoms with Gasteiger partial charge in [-0.1, -0.05) is 22.0 Å². The lowest BCUT2D eigenvalue weighted by molar-refractivity contribution is 0.630. The van der Waals surface area contributed by atoms with Crippen molar-refractivity contribution >= 4 is 15.9 Å². The number of aromatic nitrogens is 1. The molecule has 0 aliphatic carbocycles. The molecular weight excluding hydrogens is 299 g/mol. The summed E-state index contributed by atoms with van der Waals surface area (Å²) in [6.07, 6.45) is 0. The molecule has 0 saturated carbocycles. The average molecular weight is 307 g/mol. The van der Waals surface area contributed by atoms with Gasteiger partial charge in [-0.3, -0.25) is 4.79 Å². The Morgan fingerprint density at radius 3 is 2.78 bits per heavy atom. The van der Waals surface area contributed by atoms with Gasteiger partial charge in [0, 0.05) is 21.3 Å². The number of aryl methyl sites for hydroxylation is 1. The molecule has 0 bridgehead atoms. The van der Waals surface area contributed by atoms with E-state index in [0.29, 0.717) is 15.7 Å². The van der Waals surface area contributed by atoms with Crippen LogP contribution in [0, 0.1) is 24.1 Å². The molecule has 0 aliphatic heterocycles. The molecule has 90 valence electrons. The number of aromatic amines is 1. The smallest absolute Gasteiger partial charge is 0.266 e. The maximum Gasteiger partial charge on any atom is 0.266 e. The molecule has 1 aromatic heterocycles. The van der Waals surface area contributed by atoms with Gasteiger partial charge in [-0.15, -0.1) is 0 Å². The van der Waals surface area contributed by atoms with E-state index in [1.54, 1.807) is 25.1 Å². The van der Waals surface area contributed by atoms with Crippen LogP contribution in [0.5, 0.6) is 0 Å². The number of rotatable bonds is 1. The van der Waals surface area contributed by atoms with Crippen molar-refractivity contribution in [2.24, 2.45) is 0 Å². The standard InChI is InChI=1S/C13H8BrFN2O/c1-7-5-8(9(6-16)13(18)17-7)12-10(14)3-2-4-11(12)15/h2-5H,1H3,(H,17,18). The van der Waals surface area contributed by atoms with Crippen molar-refractivity contribution in [3.05, 3.63) is 56.2 Å². The molecule has 0 saturated heterocycles. The quantitative estimate of drug-likeness (QED) is 0.880. The number of nitrogens with one attached hydrogen (secondary N) is 1. The van der Waals surface area contributed by atoms with Gasteiger partial charge in [-0.25, -0.2) is 4.39 Å². The lowest BCUT2D eigenvalue weighted by atomic mass is 10.0. The number of hydrogen-bond donors (Lipinski definition) is 1. The van der Waals surface area contributed by atoms with Crippen molar-refractivity contribution < 1.29 is 4.39 Å². The Labute approximate surface area is 111 Å². The summed E-state index contributed by atoms with van der Waals surface area (Å²) in [6.45, 7) is 1.68. The van der Waals surface area contributed by atoms with E-state index in [0.717, 1.165) is 0 Å². The maximum atomic E-state index is 13.9.